The van der Waals surface area contributed by atoms with Crippen LogP contribution in [0.3, 0.4) is 0 Å². The zero-order valence-electron chi connectivity index (χ0n) is 10.2. The molecule has 0 aliphatic rings. The molecule has 0 saturated carbocycles. The molecule has 4 nitrogen and oxygen atoms in total. The average molecular weight is 264 g/mol. The molecule has 1 aromatic carbocycles. The molecule has 18 heavy (non-hydrogen) atoms. The first kappa shape index (κ1) is 12.6. The van der Waals surface area contributed by atoms with Crippen molar-refractivity contribution in [3.63, 3.8) is 0 Å². The van der Waals surface area contributed by atoms with Crippen LogP contribution in [0.4, 0.5) is 0 Å². The van der Waals surface area contributed by atoms with Gasteiger partial charge in [0, 0.05) is 18.3 Å². The lowest BCUT2D eigenvalue weighted by Crippen LogP contribution is -2.29. The molecule has 1 N–H and O–H groups in total. The molecule has 1 atom stereocenters. The van der Waals surface area contributed by atoms with Crippen LogP contribution >= 0.6 is 11.6 Å². The number of hydrogen-bond acceptors (Lipinski definition) is 2. The summed E-state index contributed by atoms with van der Waals surface area (Å²) < 4.78 is 0. The molecule has 5 heteroatoms. The third kappa shape index (κ3) is 2.54. The highest BCUT2D eigenvalue weighted by atomic mass is 35.5. The van der Waals surface area contributed by atoms with Gasteiger partial charge in [-0.05, 0) is 24.6 Å². The van der Waals surface area contributed by atoms with Gasteiger partial charge in [-0.3, -0.25) is 9.89 Å². The lowest BCUT2D eigenvalue weighted by atomic mass is 10.1. The van der Waals surface area contributed by atoms with E-state index in [0.29, 0.717) is 10.6 Å². The number of halogens is 1. The molecule has 0 saturated heterocycles. The predicted molar refractivity (Wildman–Crippen MR) is 70.5 cm³/mol. The highest BCUT2D eigenvalue weighted by molar-refractivity contribution is 6.30. The number of hydrogen-bond donors (Lipinski definition) is 1. The minimum Gasteiger partial charge on any atom is -0.335 e. The monoisotopic (exact) mass is 263 g/mol. The summed E-state index contributed by atoms with van der Waals surface area (Å²) in [5, 5.41) is 7.08. The summed E-state index contributed by atoms with van der Waals surface area (Å²) in [6.45, 7) is 1.96. The van der Waals surface area contributed by atoms with Gasteiger partial charge in [0.25, 0.3) is 5.91 Å². The molecule has 0 spiro atoms. The number of nitrogens with one attached hydrogen (secondary N) is 1. The van der Waals surface area contributed by atoms with Crippen molar-refractivity contribution >= 4 is 17.5 Å². The molecular weight excluding hydrogens is 250 g/mol. The Hall–Kier alpha value is -1.81. The van der Waals surface area contributed by atoms with E-state index in [2.05, 4.69) is 10.2 Å². The maximum atomic E-state index is 12.1. The quantitative estimate of drug-likeness (QED) is 0.926. The fourth-order valence-corrected chi connectivity index (χ4v) is 1.94. The van der Waals surface area contributed by atoms with Crippen molar-refractivity contribution in [1.29, 1.82) is 0 Å². The lowest BCUT2D eigenvalue weighted by Gasteiger charge is -2.25. The first-order valence-corrected chi connectivity index (χ1v) is 5.99. The molecule has 1 amide bonds. The van der Waals surface area contributed by atoms with E-state index in [1.165, 1.54) is 6.20 Å². The van der Waals surface area contributed by atoms with Crippen LogP contribution in [0.2, 0.25) is 5.02 Å². The van der Waals surface area contributed by atoms with Gasteiger partial charge in [0.15, 0.2) is 0 Å². The van der Waals surface area contributed by atoms with Crippen molar-refractivity contribution in [2.75, 3.05) is 7.05 Å². The number of H-pyrrole nitrogens is 1. The third-order valence-corrected chi connectivity index (χ3v) is 3.21. The van der Waals surface area contributed by atoms with Gasteiger partial charge < -0.3 is 4.90 Å². The Balaban J connectivity index is 2.18. The SMILES string of the molecule is CC(c1cccc(Cl)c1)N(C)C(=O)c1cn[nH]c1. The van der Waals surface area contributed by atoms with Gasteiger partial charge in [-0.25, -0.2) is 0 Å². The molecule has 1 heterocycles. The highest BCUT2D eigenvalue weighted by Gasteiger charge is 2.19. The molecule has 0 aliphatic heterocycles. The van der Waals surface area contributed by atoms with E-state index in [4.69, 9.17) is 11.6 Å². The second-order valence-corrected chi connectivity index (χ2v) is 4.57. The lowest BCUT2D eigenvalue weighted by molar-refractivity contribution is 0.0742. The minimum atomic E-state index is -0.0729. The van der Waals surface area contributed by atoms with Crippen molar-refractivity contribution in [3.8, 4) is 0 Å². The van der Waals surface area contributed by atoms with Crippen LogP contribution in [0.5, 0.6) is 0 Å². The van der Waals surface area contributed by atoms with Crippen LogP contribution in [0.25, 0.3) is 0 Å². The molecule has 94 valence electrons. The summed E-state index contributed by atoms with van der Waals surface area (Å²) in [6, 6.07) is 7.47. The smallest absolute Gasteiger partial charge is 0.257 e. The molecule has 0 aliphatic carbocycles. The largest absolute Gasteiger partial charge is 0.335 e. The van der Waals surface area contributed by atoms with Crippen LogP contribution in [-0.4, -0.2) is 28.1 Å². The van der Waals surface area contributed by atoms with E-state index in [1.807, 2.05) is 31.2 Å². The number of aromatic nitrogens is 2. The Morgan fingerprint density at radius 3 is 2.89 bits per heavy atom. The van der Waals surface area contributed by atoms with E-state index < -0.39 is 0 Å². The van der Waals surface area contributed by atoms with Crippen LogP contribution in [0, 0.1) is 0 Å². The third-order valence-electron chi connectivity index (χ3n) is 2.98. The summed E-state index contributed by atoms with van der Waals surface area (Å²) in [6.07, 6.45) is 3.10. The normalized spacial score (nSPS) is 12.2. The fraction of sp³-hybridized carbons (Fsp3) is 0.231. The van der Waals surface area contributed by atoms with E-state index in [1.54, 1.807) is 18.1 Å². The predicted octanol–water partition coefficient (Wildman–Crippen LogP) is 2.90. The van der Waals surface area contributed by atoms with Crippen LogP contribution in [0.1, 0.15) is 28.9 Å². The molecular formula is C13H14ClN3O. The topological polar surface area (TPSA) is 49.0 Å². The number of nitrogens with zero attached hydrogens (tertiary/aromatic N) is 2. The summed E-state index contributed by atoms with van der Waals surface area (Å²) in [4.78, 5) is 13.8. The highest BCUT2D eigenvalue weighted by Crippen LogP contribution is 2.23. The number of amides is 1. The van der Waals surface area contributed by atoms with E-state index in [0.717, 1.165) is 5.56 Å². The maximum absolute atomic E-state index is 12.1. The van der Waals surface area contributed by atoms with Crippen molar-refractivity contribution < 1.29 is 4.79 Å². The summed E-state index contributed by atoms with van der Waals surface area (Å²) in [7, 11) is 1.76. The number of carbonyl (C=O) groups is 1. The van der Waals surface area contributed by atoms with Crippen LogP contribution in [-0.2, 0) is 0 Å². The van der Waals surface area contributed by atoms with Gasteiger partial charge in [0.2, 0.25) is 0 Å². The number of rotatable bonds is 3. The Labute approximate surface area is 111 Å². The molecule has 0 bridgehead atoms. The van der Waals surface area contributed by atoms with Gasteiger partial charge >= 0.3 is 0 Å². The molecule has 0 fully saturated rings. The summed E-state index contributed by atoms with van der Waals surface area (Å²) in [5.41, 5.74) is 1.55. The van der Waals surface area contributed by atoms with Gasteiger partial charge in [0.05, 0.1) is 17.8 Å². The summed E-state index contributed by atoms with van der Waals surface area (Å²) in [5.74, 6) is -0.0729. The molecule has 2 aromatic rings. The Morgan fingerprint density at radius 1 is 1.50 bits per heavy atom. The van der Waals surface area contributed by atoms with Crippen molar-refractivity contribution in [2.45, 2.75) is 13.0 Å². The van der Waals surface area contributed by atoms with Crippen LogP contribution < -0.4 is 0 Å². The molecule has 1 aromatic heterocycles. The van der Waals surface area contributed by atoms with Gasteiger partial charge in [0.1, 0.15) is 0 Å². The first-order valence-electron chi connectivity index (χ1n) is 5.61. The Bertz CT molecular complexity index is 539. The van der Waals surface area contributed by atoms with E-state index >= 15 is 0 Å². The minimum absolute atomic E-state index is 0.0499. The van der Waals surface area contributed by atoms with Gasteiger partial charge in [-0.15, -0.1) is 0 Å². The zero-order chi connectivity index (χ0) is 13.1. The van der Waals surface area contributed by atoms with Crippen molar-refractivity contribution in [3.05, 3.63) is 52.8 Å². The first-order chi connectivity index (χ1) is 8.59. The molecule has 0 radical (unpaired) electrons. The molecule has 1 unspecified atom stereocenters. The van der Waals surface area contributed by atoms with E-state index in [-0.39, 0.29) is 11.9 Å². The molecule has 2 rings (SSSR count). The maximum Gasteiger partial charge on any atom is 0.257 e. The van der Waals surface area contributed by atoms with E-state index in [9.17, 15) is 4.79 Å². The average Bonchev–Trinajstić information content (AvgIpc) is 2.90. The van der Waals surface area contributed by atoms with Gasteiger partial charge in [-0.2, -0.15) is 5.10 Å². The number of carbonyl (C=O) groups excluding carboxylic acids is 1. The number of aromatic amines is 1. The van der Waals surface area contributed by atoms with Gasteiger partial charge in [-0.1, -0.05) is 23.7 Å². The number of benzene rings is 1. The van der Waals surface area contributed by atoms with Crippen LogP contribution in [0.15, 0.2) is 36.7 Å². The zero-order valence-corrected chi connectivity index (χ0v) is 11.0. The second kappa shape index (κ2) is 5.23. The Morgan fingerprint density at radius 2 is 2.28 bits per heavy atom. The van der Waals surface area contributed by atoms with Crippen molar-refractivity contribution in [2.24, 2.45) is 0 Å². The Kier molecular flexibility index (Phi) is 3.67. The van der Waals surface area contributed by atoms with Crippen molar-refractivity contribution in [1.82, 2.24) is 15.1 Å². The standard InChI is InChI=1S/C13H14ClN3O/c1-9(10-4-3-5-12(14)6-10)17(2)13(18)11-7-15-16-8-11/h3-9H,1-2H3,(H,15,16). The fourth-order valence-electron chi connectivity index (χ4n) is 1.74. The second-order valence-electron chi connectivity index (χ2n) is 4.13. The summed E-state index contributed by atoms with van der Waals surface area (Å²) >= 11 is 5.95.